The molecule has 0 unspecified atom stereocenters. The SMILES string of the molecule is CNc1nc(C(=O)N(CCc2ccccc2)C2CCN(C)CC2)cs1. The van der Waals surface area contributed by atoms with E-state index in [0.717, 1.165) is 44.0 Å². The van der Waals surface area contributed by atoms with E-state index >= 15 is 0 Å². The molecule has 1 saturated heterocycles. The maximum absolute atomic E-state index is 13.1. The molecule has 134 valence electrons. The standard InChI is InChI=1S/C19H26N4OS/c1-20-19-21-17(14-25-19)18(24)23(16-9-11-22(2)12-10-16)13-8-15-6-4-3-5-7-15/h3-7,14,16H,8-13H2,1-2H3,(H,20,21). The molecule has 1 amide bonds. The Labute approximate surface area is 153 Å². The maximum Gasteiger partial charge on any atom is 0.273 e. The van der Waals surface area contributed by atoms with E-state index < -0.39 is 0 Å². The number of benzene rings is 1. The predicted octanol–water partition coefficient (Wildman–Crippen LogP) is 2.96. The van der Waals surface area contributed by atoms with Gasteiger partial charge in [0.05, 0.1) is 0 Å². The topological polar surface area (TPSA) is 48.5 Å². The summed E-state index contributed by atoms with van der Waals surface area (Å²) in [6.07, 6.45) is 2.93. The number of nitrogens with one attached hydrogen (secondary N) is 1. The number of carbonyl (C=O) groups excluding carboxylic acids is 1. The number of anilines is 1. The summed E-state index contributed by atoms with van der Waals surface area (Å²) >= 11 is 1.48. The summed E-state index contributed by atoms with van der Waals surface area (Å²) in [4.78, 5) is 21.9. The smallest absolute Gasteiger partial charge is 0.273 e. The zero-order valence-electron chi connectivity index (χ0n) is 14.9. The zero-order valence-corrected chi connectivity index (χ0v) is 15.8. The Morgan fingerprint density at radius 2 is 2.04 bits per heavy atom. The van der Waals surface area contributed by atoms with Gasteiger partial charge < -0.3 is 15.1 Å². The van der Waals surface area contributed by atoms with Crippen LogP contribution < -0.4 is 5.32 Å². The molecule has 25 heavy (non-hydrogen) atoms. The Balaban J connectivity index is 1.74. The van der Waals surface area contributed by atoms with Crippen LogP contribution in [-0.2, 0) is 6.42 Å². The third kappa shape index (κ3) is 4.58. The average Bonchev–Trinajstić information content (AvgIpc) is 3.13. The molecule has 2 aromatic rings. The number of piperidine rings is 1. The van der Waals surface area contributed by atoms with Crippen molar-refractivity contribution < 1.29 is 4.79 Å². The summed E-state index contributed by atoms with van der Waals surface area (Å²) in [6.45, 7) is 2.82. The number of carbonyl (C=O) groups is 1. The minimum Gasteiger partial charge on any atom is -0.365 e. The fourth-order valence-corrected chi connectivity index (χ4v) is 3.93. The van der Waals surface area contributed by atoms with Crippen molar-refractivity contribution in [1.29, 1.82) is 0 Å². The Hall–Kier alpha value is -1.92. The molecule has 1 aromatic carbocycles. The molecule has 0 radical (unpaired) electrons. The molecular formula is C19H26N4OS. The molecule has 0 bridgehead atoms. The number of nitrogens with zero attached hydrogens (tertiary/aromatic N) is 3. The molecule has 1 fully saturated rings. The second-order valence-electron chi connectivity index (χ2n) is 6.56. The highest BCUT2D eigenvalue weighted by Gasteiger charge is 2.28. The largest absolute Gasteiger partial charge is 0.365 e. The lowest BCUT2D eigenvalue weighted by molar-refractivity contribution is 0.0589. The molecule has 0 atom stereocenters. The van der Waals surface area contributed by atoms with Crippen molar-refractivity contribution in [2.24, 2.45) is 0 Å². The first kappa shape index (κ1) is 17.9. The number of rotatable bonds is 6. The van der Waals surface area contributed by atoms with Gasteiger partial charge in [-0.1, -0.05) is 30.3 Å². The van der Waals surface area contributed by atoms with Gasteiger partial charge in [0.1, 0.15) is 5.69 Å². The fraction of sp³-hybridized carbons (Fsp3) is 0.474. The van der Waals surface area contributed by atoms with Gasteiger partial charge >= 0.3 is 0 Å². The van der Waals surface area contributed by atoms with E-state index in [1.165, 1.54) is 16.9 Å². The van der Waals surface area contributed by atoms with E-state index in [4.69, 9.17) is 0 Å². The molecule has 1 aliphatic heterocycles. The summed E-state index contributed by atoms with van der Waals surface area (Å²) in [5.41, 5.74) is 1.82. The van der Waals surface area contributed by atoms with Crippen molar-refractivity contribution in [3.63, 3.8) is 0 Å². The van der Waals surface area contributed by atoms with Crippen molar-refractivity contribution in [3.05, 3.63) is 47.0 Å². The van der Waals surface area contributed by atoms with Gasteiger partial charge in [0.15, 0.2) is 5.13 Å². The molecule has 1 aliphatic rings. The van der Waals surface area contributed by atoms with Gasteiger partial charge in [-0.25, -0.2) is 4.98 Å². The third-order valence-corrected chi connectivity index (χ3v) is 5.67. The molecule has 1 aromatic heterocycles. The first-order valence-corrected chi connectivity index (χ1v) is 9.72. The highest BCUT2D eigenvalue weighted by atomic mass is 32.1. The van der Waals surface area contributed by atoms with E-state index in [0.29, 0.717) is 11.7 Å². The number of hydrogen-bond acceptors (Lipinski definition) is 5. The summed E-state index contributed by atoms with van der Waals surface area (Å²) in [7, 11) is 3.98. The van der Waals surface area contributed by atoms with Crippen LogP contribution in [0.4, 0.5) is 5.13 Å². The van der Waals surface area contributed by atoms with Crippen molar-refractivity contribution in [2.45, 2.75) is 25.3 Å². The second kappa shape index (κ2) is 8.45. The van der Waals surface area contributed by atoms with Crippen LogP contribution in [0.15, 0.2) is 35.7 Å². The summed E-state index contributed by atoms with van der Waals surface area (Å²) in [6, 6.07) is 10.7. The lowest BCUT2D eigenvalue weighted by Crippen LogP contribution is -2.47. The van der Waals surface area contributed by atoms with Crippen molar-refractivity contribution in [2.75, 3.05) is 39.0 Å². The Morgan fingerprint density at radius 3 is 2.68 bits per heavy atom. The highest BCUT2D eigenvalue weighted by Crippen LogP contribution is 2.21. The molecule has 5 nitrogen and oxygen atoms in total. The van der Waals surface area contributed by atoms with Gasteiger partial charge in [0.2, 0.25) is 0 Å². The van der Waals surface area contributed by atoms with Crippen LogP contribution in [0.5, 0.6) is 0 Å². The van der Waals surface area contributed by atoms with Crippen LogP contribution in [0.2, 0.25) is 0 Å². The molecule has 0 saturated carbocycles. The number of aromatic nitrogens is 1. The number of likely N-dealkylation sites (tertiary alicyclic amines) is 1. The monoisotopic (exact) mass is 358 g/mol. The summed E-state index contributed by atoms with van der Waals surface area (Å²) in [5, 5.41) is 5.66. The van der Waals surface area contributed by atoms with Crippen LogP contribution in [0, 0.1) is 0 Å². The molecule has 0 spiro atoms. The van der Waals surface area contributed by atoms with Crippen LogP contribution in [0.1, 0.15) is 28.9 Å². The van der Waals surface area contributed by atoms with E-state index in [1.807, 2.05) is 18.5 Å². The van der Waals surface area contributed by atoms with Crippen LogP contribution in [0.25, 0.3) is 0 Å². The Morgan fingerprint density at radius 1 is 1.32 bits per heavy atom. The minimum atomic E-state index is 0.0586. The number of thiazole rings is 1. The number of hydrogen-bond donors (Lipinski definition) is 1. The average molecular weight is 359 g/mol. The number of amides is 1. The summed E-state index contributed by atoms with van der Waals surface area (Å²) < 4.78 is 0. The normalized spacial score (nSPS) is 15.9. The lowest BCUT2D eigenvalue weighted by atomic mass is 10.0. The quantitative estimate of drug-likeness (QED) is 0.862. The predicted molar refractivity (Wildman–Crippen MR) is 103 cm³/mol. The molecule has 6 heteroatoms. The van der Waals surface area contributed by atoms with Gasteiger partial charge in [-0.05, 0) is 45.0 Å². The first-order valence-electron chi connectivity index (χ1n) is 8.84. The van der Waals surface area contributed by atoms with Crippen LogP contribution in [0.3, 0.4) is 0 Å². The van der Waals surface area contributed by atoms with E-state index in [-0.39, 0.29) is 5.91 Å². The van der Waals surface area contributed by atoms with E-state index in [1.54, 1.807) is 0 Å². The second-order valence-corrected chi connectivity index (χ2v) is 7.41. The van der Waals surface area contributed by atoms with E-state index in [2.05, 4.69) is 51.4 Å². The van der Waals surface area contributed by atoms with Gasteiger partial charge in [0, 0.05) is 25.0 Å². The van der Waals surface area contributed by atoms with Crippen molar-refractivity contribution in [3.8, 4) is 0 Å². The van der Waals surface area contributed by atoms with E-state index in [9.17, 15) is 4.79 Å². The van der Waals surface area contributed by atoms with Gasteiger partial charge in [-0.2, -0.15) is 0 Å². The molecule has 3 rings (SSSR count). The van der Waals surface area contributed by atoms with Gasteiger partial charge in [0.25, 0.3) is 5.91 Å². The molecule has 0 aliphatic carbocycles. The Kier molecular flexibility index (Phi) is 6.04. The van der Waals surface area contributed by atoms with Crippen LogP contribution >= 0.6 is 11.3 Å². The van der Waals surface area contributed by atoms with Crippen molar-refractivity contribution in [1.82, 2.24) is 14.8 Å². The highest BCUT2D eigenvalue weighted by molar-refractivity contribution is 7.13. The Bertz CT molecular complexity index is 680. The van der Waals surface area contributed by atoms with Crippen molar-refractivity contribution >= 4 is 22.4 Å². The zero-order chi connectivity index (χ0) is 17.6. The third-order valence-electron chi connectivity index (χ3n) is 4.81. The molecular weight excluding hydrogens is 332 g/mol. The molecule has 2 heterocycles. The summed E-state index contributed by atoms with van der Waals surface area (Å²) in [5.74, 6) is 0.0586. The van der Waals surface area contributed by atoms with Crippen LogP contribution in [-0.4, -0.2) is 60.5 Å². The lowest BCUT2D eigenvalue weighted by Gasteiger charge is -2.37. The first-order chi connectivity index (χ1) is 12.2. The van der Waals surface area contributed by atoms with Gasteiger partial charge in [-0.3, -0.25) is 4.79 Å². The fourth-order valence-electron chi connectivity index (χ4n) is 3.28. The minimum absolute atomic E-state index is 0.0586. The van der Waals surface area contributed by atoms with Gasteiger partial charge in [-0.15, -0.1) is 11.3 Å². The maximum atomic E-state index is 13.1. The molecule has 1 N–H and O–H groups in total.